The first-order chi connectivity index (χ1) is 26.2. The number of fused-ring (bicyclic) bond motifs is 5. The molecule has 0 N–H and O–H groups in total. The number of halogens is 4. The van der Waals surface area contributed by atoms with Crippen LogP contribution in [0, 0.1) is 22.2 Å². The van der Waals surface area contributed by atoms with Crippen molar-refractivity contribution in [2.75, 3.05) is 0 Å². The normalized spacial score (nSPS) is 19.2. The maximum atomic E-state index is 7.11. The summed E-state index contributed by atoms with van der Waals surface area (Å²) >= 11 is 8.87. The third-order valence-corrected chi connectivity index (χ3v) is 32.0. The van der Waals surface area contributed by atoms with Gasteiger partial charge in [0.05, 0.1) is 0 Å². The Balaban J connectivity index is 0.00000293. The van der Waals surface area contributed by atoms with Crippen LogP contribution in [0.15, 0.2) is 103 Å². The van der Waals surface area contributed by atoms with Crippen LogP contribution in [0.3, 0.4) is 0 Å². The molecule has 0 saturated carbocycles. The van der Waals surface area contributed by atoms with Gasteiger partial charge in [-0.15, -0.1) is 24.8 Å². The Hall–Kier alpha value is -2.25. The Bertz CT molecular complexity index is 2590. The maximum absolute atomic E-state index is 7.11. The topological polar surface area (TPSA) is 0 Å². The summed E-state index contributed by atoms with van der Waals surface area (Å²) in [5, 5.41) is 1.49. The van der Waals surface area contributed by atoms with Crippen LogP contribution in [0.25, 0.3) is 22.3 Å². The second-order valence-electron chi connectivity index (χ2n) is 22.2. The summed E-state index contributed by atoms with van der Waals surface area (Å²) in [6.45, 7) is 33.5. The van der Waals surface area contributed by atoms with Gasteiger partial charge < -0.3 is 0 Å². The molecule has 0 aromatic heterocycles. The van der Waals surface area contributed by atoms with Crippen molar-refractivity contribution < 1.29 is 18.3 Å². The quantitative estimate of drug-likeness (QED) is 0.168. The standard InChI is InChI=1S/C31H37.C10H15.2C6H4Cl.CH2.2ClH.Zr/c1-28(2,3)26-16-30(7,8)24-12-18-11-19-13-25-23(15-21(19)20(18)14-22(24)26)27(29(4,5)6)17-31(25,9)10;1-8-5-6-9(7-8)10(2,3)4;2*7-6-4-2-1-3-5-6;;;;/h12-16H,11H2,1-10H3;6-8H,1-4H3;2*1-2,4-5H;1H2;2*1H;. The van der Waals surface area contributed by atoms with E-state index in [1.54, 1.807) is 0 Å². The summed E-state index contributed by atoms with van der Waals surface area (Å²) in [7, 11) is 0. The van der Waals surface area contributed by atoms with E-state index < -0.39 is 18.3 Å². The van der Waals surface area contributed by atoms with Gasteiger partial charge >= 0.3 is 357 Å². The van der Waals surface area contributed by atoms with Crippen molar-refractivity contribution in [1.29, 1.82) is 0 Å². The van der Waals surface area contributed by atoms with Gasteiger partial charge in [0, 0.05) is 0 Å². The van der Waals surface area contributed by atoms with Gasteiger partial charge in [-0.25, -0.2) is 0 Å². The summed E-state index contributed by atoms with van der Waals surface area (Å²) in [5.41, 5.74) is 15.1. The van der Waals surface area contributed by atoms with Crippen molar-refractivity contribution in [2.45, 2.75) is 114 Å². The SMILES string of the molecule is Cl.Cl.[CH2]=[Zr]([C]1=CC(C(C)(C)C)=CC1C)([C]1=C(C(C)(C)C)c2cc3c(cc2C1(C)C)Cc1cc2c(cc1-3)C(C(C)(C)C)=CC2(C)C)([c]1cccc(Cl)c1)[c]1cccc(Cl)c1. The van der Waals surface area contributed by atoms with Crippen molar-refractivity contribution in [3.63, 3.8) is 0 Å². The second-order valence-corrected chi connectivity index (χ2v) is 35.7. The molecule has 4 aliphatic carbocycles. The van der Waals surface area contributed by atoms with E-state index in [0.717, 1.165) is 16.5 Å². The van der Waals surface area contributed by atoms with Crippen LogP contribution >= 0.6 is 48.0 Å². The molecule has 1 unspecified atom stereocenters. The summed E-state index contributed by atoms with van der Waals surface area (Å²) in [4.78, 5) is 0. The number of rotatable bonds is 4. The van der Waals surface area contributed by atoms with Crippen LogP contribution in [0.4, 0.5) is 0 Å². The third-order valence-electron chi connectivity index (χ3n) is 14.2. The van der Waals surface area contributed by atoms with Gasteiger partial charge in [-0.1, -0.05) is 0 Å². The van der Waals surface area contributed by atoms with Crippen molar-refractivity contribution in [3.05, 3.63) is 147 Å². The van der Waals surface area contributed by atoms with Crippen molar-refractivity contribution in [2.24, 2.45) is 22.2 Å². The van der Waals surface area contributed by atoms with E-state index in [1.807, 2.05) is 12.1 Å². The molecule has 0 aliphatic heterocycles. The Morgan fingerprint density at radius 1 is 0.644 bits per heavy atom. The Morgan fingerprint density at radius 2 is 1.15 bits per heavy atom. The van der Waals surface area contributed by atoms with Gasteiger partial charge in [-0.3, -0.25) is 0 Å². The Kier molecular flexibility index (Phi) is 11.3. The minimum absolute atomic E-state index is 0. The van der Waals surface area contributed by atoms with Gasteiger partial charge in [-0.05, 0) is 0 Å². The fraction of sp³-hybridized carbons (Fsp3) is 0.389. The summed E-state index contributed by atoms with van der Waals surface area (Å²) < 4.78 is 11.4. The minimum atomic E-state index is -5.34. The Morgan fingerprint density at radius 3 is 1.61 bits per heavy atom. The van der Waals surface area contributed by atoms with Gasteiger partial charge in [0.15, 0.2) is 0 Å². The van der Waals surface area contributed by atoms with Crippen LogP contribution in [-0.2, 0) is 35.5 Å². The van der Waals surface area contributed by atoms with Gasteiger partial charge in [0.25, 0.3) is 0 Å². The van der Waals surface area contributed by atoms with Gasteiger partial charge in [0.1, 0.15) is 0 Å². The fourth-order valence-electron chi connectivity index (χ4n) is 11.7. The van der Waals surface area contributed by atoms with E-state index in [4.69, 9.17) is 27.4 Å². The van der Waals surface area contributed by atoms with Gasteiger partial charge in [-0.2, -0.15) is 0 Å². The molecule has 0 amide bonds. The third kappa shape index (κ3) is 6.73. The molecular weight excluding hydrogens is 882 g/mol. The molecule has 59 heavy (non-hydrogen) atoms. The molecule has 4 aromatic carbocycles. The van der Waals surface area contributed by atoms with Crippen LogP contribution in [0.5, 0.6) is 0 Å². The average molecular weight is 946 g/mol. The molecule has 8 rings (SSSR count). The average Bonchev–Trinajstić information content (AvgIpc) is 3.80. The number of hydrogen-bond acceptors (Lipinski definition) is 0. The first-order valence-electron chi connectivity index (χ1n) is 21.0. The fourth-order valence-corrected chi connectivity index (χ4v) is 31.9. The van der Waals surface area contributed by atoms with Gasteiger partial charge in [0.2, 0.25) is 0 Å². The van der Waals surface area contributed by atoms with E-state index in [2.05, 4.69) is 176 Å². The summed E-state index contributed by atoms with van der Waals surface area (Å²) in [5.74, 6) is 0.182. The number of hydrogen-bond donors (Lipinski definition) is 0. The van der Waals surface area contributed by atoms with E-state index in [0.29, 0.717) is 0 Å². The van der Waals surface area contributed by atoms with Crippen molar-refractivity contribution >= 4 is 69.9 Å². The molecule has 312 valence electrons. The zero-order chi connectivity index (χ0) is 41.7. The second kappa shape index (κ2) is 14.4. The molecular formula is C54H64Cl4Zr. The molecule has 0 fully saturated rings. The summed E-state index contributed by atoms with van der Waals surface area (Å²) in [6.07, 6.45) is 8.55. The molecule has 0 heterocycles. The zero-order valence-electron chi connectivity index (χ0n) is 37.7. The van der Waals surface area contributed by atoms with Crippen LogP contribution < -0.4 is 6.54 Å². The van der Waals surface area contributed by atoms with E-state index >= 15 is 0 Å². The van der Waals surface area contributed by atoms with Crippen LogP contribution in [-0.4, -0.2) is 4.21 Å². The monoisotopic (exact) mass is 942 g/mol. The molecule has 0 bridgehead atoms. The number of benzene rings is 4. The molecule has 0 spiro atoms. The van der Waals surface area contributed by atoms with Crippen LogP contribution in [0.1, 0.15) is 130 Å². The van der Waals surface area contributed by atoms with Crippen molar-refractivity contribution in [1.82, 2.24) is 0 Å². The predicted molar refractivity (Wildman–Crippen MR) is 263 cm³/mol. The first-order valence-corrected chi connectivity index (χ1v) is 28.4. The van der Waals surface area contributed by atoms with E-state index in [1.165, 1.54) is 74.3 Å². The summed E-state index contributed by atoms with van der Waals surface area (Å²) in [6, 6.07) is 27.8. The predicted octanol–water partition coefficient (Wildman–Crippen LogP) is 15.5. The molecule has 0 nitrogen and oxygen atoms in total. The molecule has 0 radical (unpaired) electrons. The number of allylic oxidation sites excluding steroid dienone is 8. The van der Waals surface area contributed by atoms with E-state index in [9.17, 15) is 0 Å². The molecule has 4 aromatic rings. The first kappa shape index (κ1) is 46.3. The Labute approximate surface area is 379 Å². The molecule has 1 atom stereocenters. The molecule has 4 aliphatic rings. The molecule has 5 heteroatoms. The van der Waals surface area contributed by atoms with Crippen LogP contribution in [0.2, 0.25) is 10.0 Å². The molecule has 0 saturated heterocycles. The van der Waals surface area contributed by atoms with Crippen molar-refractivity contribution in [3.8, 4) is 11.1 Å². The van der Waals surface area contributed by atoms with E-state index in [-0.39, 0.29) is 57.8 Å². The zero-order valence-corrected chi connectivity index (χ0v) is 43.3.